The Hall–Kier alpha value is -2.30. The number of benzene rings is 1. The number of carbonyl (C=O) groups is 2. The van der Waals surface area contributed by atoms with E-state index in [9.17, 15) is 9.59 Å². The van der Waals surface area contributed by atoms with E-state index in [-0.39, 0.29) is 18.4 Å². The van der Waals surface area contributed by atoms with Gasteiger partial charge in [0, 0.05) is 36.4 Å². The Morgan fingerprint density at radius 3 is 2.50 bits per heavy atom. The largest absolute Gasteiger partial charge is 0.461 e. The molecule has 1 aromatic carbocycles. The fourth-order valence-corrected chi connectivity index (χ4v) is 2.49. The first-order valence-electron chi connectivity index (χ1n) is 8.25. The molecule has 2 amide bonds. The molecule has 24 heavy (non-hydrogen) atoms. The number of likely N-dealkylation sites (N-methyl/N-ethyl adjacent to an activating group) is 1. The lowest BCUT2D eigenvalue weighted by atomic mass is 9.96. The third-order valence-electron chi connectivity index (χ3n) is 4.01. The number of rotatable bonds is 5. The molecule has 0 radical (unpaired) electrons. The van der Waals surface area contributed by atoms with E-state index in [1.807, 2.05) is 52.0 Å². The van der Waals surface area contributed by atoms with Gasteiger partial charge in [-0.05, 0) is 6.07 Å². The Balaban J connectivity index is 2.08. The molecule has 0 aliphatic rings. The topological polar surface area (TPSA) is 62.6 Å². The normalized spacial score (nSPS) is 11.5. The molecule has 2 aromatic rings. The molecule has 0 saturated heterocycles. The van der Waals surface area contributed by atoms with Gasteiger partial charge in [0.15, 0.2) is 0 Å². The number of hydrogen-bond donors (Lipinski definition) is 1. The van der Waals surface area contributed by atoms with Gasteiger partial charge in [0.05, 0.1) is 6.54 Å². The first-order chi connectivity index (χ1) is 11.2. The lowest BCUT2D eigenvalue weighted by Gasteiger charge is -2.21. The molecular formula is C19H26N2O3. The summed E-state index contributed by atoms with van der Waals surface area (Å²) in [5.41, 5.74) is 1.37. The number of para-hydroxylation sites is 1. The summed E-state index contributed by atoms with van der Waals surface area (Å²) in [6.07, 6.45) is 0.771. The molecule has 5 heteroatoms. The van der Waals surface area contributed by atoms with Crippen molar-refractivity contribution in [2.45, 2.75) is 40.7 Å². The van der Waals surface area contributed by atoms with Gasteiger partial charge < -0.3 is 14.6 Å². The molecule has 0 atom stereocenters. The Morgan fingerprint density at radius 2 is 1.88 bits per heavy atom. The van der Waals surface area contributed by atoms with Crippen LogP contribution in [0.1, 0.15) is 39.0 Å². The van der Waals surface area contributed by atoms with Crippen LogP contribution >= 0.6 is 0 Å². The van der Waals surface area contributed by atoms with Gasteiger partial charge in [-0.15, -0.1) is 0 Å². The van der Waals surface area contributed by atoms with E-state index in [4.69, 9.17) is 4.42 Å². The second-order valence-corrected chi connectivity index (χ2v) is 7.04. The fourth-order valence-electron chi connectivity index (χ4n) is 2.49. The van der Waals surface area contributed by atoms with Crippen molar-refractivity contribution in [3.8, 4) is 0 Å². The molecule has 1 heterocycles. The van der Waals surface area contributed by atoms with Crippen LogP contribution in [0.5, 0.6) is 0 Å². The quantitative estimate of drug-likeness (QED) is 0.916. The molecule has 0 unspecified atom stereocenters. The minimum Gasteiger partial charge on any atom is -0.461 e. The molecule has 0 fully saturated rings. The van der Waals surface area contributed by atoms with Gasteiger partial charge in [0.25, 0.3) is 0 Å². The molecule has 0 aliphatic carbocycles. The van der Waals surface area contributed by atoms with Crippen molar-refractivity contribution in [2.24, 2.45) is 5.41 Å². The van der Waals surface area contributed by atoms with Gasteiger partial charge >= 0.3 is 0 Å². The van der Waals surface area contributed by atoms with E-state index >= 15 is 0 Å². The van der Waals surface area contributed by atoms with Crippen LogP contribution in [0.2, 0.25) is 0 Å². The van der Waals surface area contributed by atoms with Crippen LogP contribution < -0.4 is 5.32 Å². The zero-order chi connectivity index (χ0) is 17.9. The van der Waals surface area contributed by atoms with Crippen molar-refractivity contribution in [1.82, 2.24) is 10.2 Å². The molecule has 1 aromatic heterocycles. The lowest BCUT2D eigenvalue weighted by molar-refractivity contribution is -0.134. The molecule has 0 saturated carbocycles. The van der Waals surface area contributed by atoms with Crippen LogP contribution in [0, 0.1) is 5.41 Å². The molecule has 0 bridgehead atoms. The second kappa shape index (κ2) is 7.07. The highest BCUT2D eigenvalue weighted by Gasteiger charge is 2.23. The van der Waals surface area contributed by atoms with Crippen molar-refractivity contribution in [3.05, 3.63) is 35.6 Å². The summed E-state index contributed by atoms with van der Waals surface area (Å²) in [7, 11) is 1.74. The van der Waals surface area contributed by atoms with Crippen LogP contribution in [0.15, 0.2) is 28.7 Å². The van der Waals surface area contributed by atoms with E-state index < -0.39 is 5.41 Å². The standard InChI is InChI=1S/C19H26N2O3/c1-6-15-14(13-9-7-8-10-16(13)24-15)12-21(5)17(22)11-20-18(23)19(2,3)4/h7-10H,6,11-12H2,1-5H3,(H,20,23). The van der Waals surface area contributed by atoms with Crippen LogP contribution in [0.25, 0.3) is 11.0 Å². The van der Waals surface area contributed by atoms with Crippen molar-refractivity contribution >= 4 is 22.8 Å². The number of hydrogen-bond acceptors (Lipinski definition) is 3. The van der Waals surface area contributed by atoms with Gasteiger partial charge in [-0.2, -0.15) is 0 Å². The van der Waals surface area contributed by atoms with Crippen molar-refractivity contribution < 1.29 is 14.0 Å². The Labute approximate surface area is 143 Å². The van der Waals surface area contributed by atoms with Gasteiger partial charge in [-0.1, -0.05) is 45.9 Å². The maximum Gasteiger partial charge on any atom is 0.242 e. The Morgan fingerprint density at radius 1 is 1.21 bits per heavy atom. The number of amides is 2. The predicted molar refractivity (Wildman–Crippen MR) is 94.5 cm³/mol. The van der Waals surface area contributed by atoms with Crippen molar-refractivity contribution in [2.75, 3.05) is 13.6 Å². The Kier molecular flexibility index (Phi) is 5.32. The van der Waals surface area contributed by atoms with Crippen LogP contribution in [0.3, 0.4) is 0 Å². The van der Waals surface area contributed by atoms with Gasteiger partial charge in [0.2, 0.25) is 11.8 Å². The van der Waals surface area contributed by atoms with Gasteiger partial charge in [-0.25, -0.2) is 0 Å². The van der Waals surface area contributed by atoms with Gasteiger partial charge in [-0.3, -0.25) is 9.59 Å². The van der Waals surface area contributed by atoms with Crippen molar-refractivity contribution in [1.29, 1.82) is 0 Å². The summed E-state index contributed by atoms with van der Waals surface area (Å²) in [6.45, 7) is 7.96. The zero-order valence-corrected chi connectivity index (χ0v) is 15.1. The highest BCUT2D eigenvalue weighted by molar-refractivity contribution is 5.87. The summed E-state index contributed by atoms with van der Waals surface area (Å²) >= 11 is 0. The van der Waals surface area contributed by atoms with Crippen LogP contribution in [-0.4, -0.2) is 30.3 Å². The molecule has 0 spiro atoms. The lowest BCUT2D eigenvalue weighted by Crippen LogP contribution is -2.42. The van der Waals surface area contributed by atoms with E-state index in [1.165, 1.54) is 0 Å². The van der Waals surface area contributed by atoms with Crippen molar-refractivity contribution in [3.63, 3.8) is 0 Å². The summed E-state index contributed by atoms with van der Waals surface area (Å²) in [5.74, 6) is 0.641. The van der Waals surface area contributed by atoms with Crippen LogP contribution in [-0.2, 0) is 22.6 Å². The summed E-state index contributed by atoms with van der Waals surface area (Å²) in [4.78, 5) is 25.8. The zero-order valence-electron chi connectivity index (χ0n) is 15.1. The molecule has 130 valence electrons. The smallest absolute Gasteiger partial charge is 0.242 e. The minimum absolute atomic E-state index is 0.00382. The molecule has 5 nitrogen and oxygen atoms in total. The summed E-state index contributed by atoms with van der Waals surface area (Å²) < 4.78 is 5.86. The molecule has 1 N–H and O–H groups in total. The summed E-state index contributed by atoms with van der Waals surface area (Å²) in [6, 6.07) is 7.84. The average Bonchev–Trinajstić information content (AvgIpc) is 2.89. The maximum absolute atomic E-state index is 12.3. The van der Waals surface area contributed by atoms with E-state index in [0.29, 0.717) is 6.54 Å². The number of nitrogens with one attached hydrogen (secondary N) is 1. The van der Waals surface area contributed by atoms with E-state index in [0.717, 1.165) is 28.7 Å². The monoisotopic (exact) mass is 330 g/mol. The maximum atomic E-state index is 12.3. The minimum atomic E-state index is -0.505. The van der Waals surface area contributed by atoms with Crippen LogP contribution in [0.4, 0.5) is 0 Å². The molecule has 0 aliphatic heterocycles. The highest BCUT2D eigenvalue weighted by Crippen LogP contribution is 2.27. The number of fused-ring (bicyclic) bond motifs is 1. The average molecular weight is 330 g/mol. The first kappa shape index (κ1) is 18.0. The third-order valence-corrected chi connectivity index (χ3v) is 4.01. The summed E-state index contributed by atoms with van der Waals surface area (Å²) in [5, 5.41) is 3.73. The number of furan rings is 1. The highest BCUT2D eigenvalue weighted by atomic mass is 16.3. The number of nitrogens with zero attached hydrogens (tertiary/aromatic N) is 1. The Bertz CT molecular complexity index is 741. The van der Waals surface area contributed by atoms with E-state index in [1.54, 1.807) is 11.9 Å². The first-order valence-corrected chi connectivity index (χ1v) is 8.25. The van der Waals surface area contributed by atoms with E-state index in [2.05, 4.69) is 5.32 Å². The predicted octanol–water partition coefficient (Wildman–Crippen LogP) is 3.12. The SMILES string of the molecule is CCc1oc2ccccc2c1CN(C)C(=O)CNC(=O)C(C)(C)C. The third kappa shape index (κ3) is 3.96. The van der Waals surface area contributed by atoms with Gasteiger partial charge in [0.1, 0.15) is 11.3 Å². The molecular weight excluding hydrogens is 304 g/mol. The number of carbonyl (C=O) groups excluding carboxylic acids is 2. The fraction of sp³-hybridized carbons (Fsp3) is 0.474. The molecule has 2 rings (SSSR count). The second-order valence-electron chi connectivity index (χ2n) is 7.04. The number of aryl methyl sites for hydroxylation is 1.